The molecule has 0 fully saturated rings. The molecule has 0 heterocycles. The monoisotopic (exact) mass is 351 g/mol. The van der Waals surface area contributed by atoms with Crippen LogP contribution in [-0.2, 0) is 9.53 Å². The molecular weight excluding hydrogens is 330 g/mol. The molecule has 0 amide bonds. The molecule has 26 heavy (non-hydrogen) atoms. The average molecular weight is 351 g/mol. The van der Waals surface area contributed by atoms with E-state index in [1.54, 1.807) is 36.4 Å². The fourth-order valence-electron chi connectivity index (χ4n) is 2.27. The first-order valence-electron chi connectivity index (χ1n) is 8.45. The van der Waals surface area contributed by atoms with Crippen LogP contribution in [0.4, 0.5) is 0 Å². The number of carbonyl (C=O) groups excluding carboxylic acids is 2. The molecule has 0 saturated carbocycles. The number of Topliss-reactive ketones (excluding diaryl/α,β-unsaturated/α-hetero) is 1. The van der Waals surface area contributed by atoms with Crippen LogP contribution in [0.25, 0.3) is 0 Å². The van der Waals surface area contributed by atoms with E-state index in [4.69, 9.17) is 14.7 Å². The SMILES string of the molecule is CC[C@@H](C)c1ccc(C(=O)COC(=O)COc2ccc(C#N)cc2)cc1. The highest BCUT2D eigenvalue weighted by Crippen LogP contribution is 2.19. The maximum atomic E-state index is 12.1. The summed E-state index contributed by atoms with van der Waals surface area (Å²) in [7, 11) is 0. The van der Waals surface area contributed by atoms with Crippen molar-refractivity contribution in [3.8, 4) is 11.8 Å². The Bertz CT molecular complexity index is 788. The van der Waals surface area contributed by atoms with E-state index in [0.29, 0.717) is 22.8 Å². The molecule has 0 aliphatic heterocycles. The molecular formula is C21H21NO4. The summed E-state index contributed by atoms with van der Waals surface area (Å²) < 4.78 is 10.2. The Balaban J connectivity index is 1.79. The Morgan fingerprint density at radius 3 is 2.27 bits per heavy atom. The van der Waals surface area contributed by atoms with Gasteiger partial charge in [0.25, 0.3) is 0 Å². The van der Waals surface area contributed by atoms with Gasteiger partial charge in [-0.1, -0.05) is 38.1 Å². The number of rotatable bonds is 8. The second-order valence-electron chi connectivity index (χ2n) is 5.94. The van der Waals surface area contributed by atoms with Gasteiger partial charge in [-0.2, -0.15) is 5.26 Å². The number of nitrogens with zero attached hydrogens (tertiary/aromatic N) is 1. The van der Waals surface area contributed by atoms with Gasteiger partial charge in [0.15, 0.2) is 19.0 Å². The molecule has 1 atom stereocenters. The van der Waals surface area contributed by atoms with E-state index in [-0.39, 0.29) is 19.0 Å². The number of hydrogen-bond acceptors (Lipinski definition) is 5. The third kappa shape index (κ3) is 5.45. The summed E-state index contributed by atoms with van der Waals surface area (Å²) in [6.07, 6.45) is 1.03. The summed E-state index contributed by atoms with van der Waals surface area (Å²) in [4.78, 5) is 23.8. The lowest BCUT2D eigenvalue weighted by atomic mass is 9.97. The average Bonchev–Trinajstić information content (AvgIpc) is 2.70. The summed E-state index contributed by atoms with van der Waals surface area (Å²) in [6, 6.07) is 15.7. The lowest BCUT2D eigenvalue weighted by Crippen LogP contribution is -2.19. The van der Waals surface area contributed by atoms with Crippen molar-refractivity contribution in [2.75, 3.05) is 13.2 Å². The minimum atomic E-state index is -0.626. The van der Waals surface area contributed by atoms with E-state index in [9.17, 15) is 9.59 Å². The van der Waals surface area contributed by atoms with Crippen LogP contribution in [0.15, 0.2) is 48.5 Å². The third-order valence-corrected chi connectivity index (χ3v) is 4.12. The third-order valence-electron chi connectivity index (χ3n) is 4.12. The molecule has 5 heteroatoms. The summed E-state index contributed by atoms with van der Waals surface area (Å²) in [5.41, 5.74) is 2.19. The molecule has 0 N–H and O–H groups in total. The highest BCUT2D eigenvalue weighted by Gasteiger charge is 2.11. The number of esters is 1. The fraction of sp³-hybridized carbons (Fsp3) is 0.286. The molecule has 0 aliphatic rings. The Hall–Kier alpha value is -3.13. The summed E-state index contributed by atoms with van der Waals surface area (Å²) in [5, 5.41) is 8.72. The number of ether oxygens (including phenoxy) is 2. The molecule has 0 saturated heterocycles. The Morgan fingerprint density at radius 1 is 1.04 bits per heavy atom. The molecule has 2 rings (SSSR count). The molecule has 2 aromatic carbocycles. The number of nitriles is 1. The molecule has 0 aliphatic carbocycles. The van der Waals surface area contributed by atoms with Crippen LogP contribution >= 0.6 is 0 Å². The van der Waals surface area contributed by atoms with Crippen molar-refractivity contribution in [2.45, 2.75) is 26.2 Å². The van der Waals surface area contributed by atoms with Gasteiger partial charge in [-0.15, -0.1) is 0 Å². The summed E-state index contributed by atoms with van der Waals surface area (Å²) in [5.74, 6) is 0.00984. The van der Waals surface area contributed by atoms with Gasteiger partial charge in [-0.25, -0.2) is 4.79 Å². The minimum absolute atomic E-state index is 0.257. The van der Waals surface area contributed by atoms with Crippen LogP contribution in [0.3, 0.4) is 0 Å². The second kappa shape index (κ2) is 9.38. The first-order chi connectivity index (χ1) is 12.5. The molecule has 0 radical (unpaired) electrons. The van der Waals surface area contributed by atoms with Gasteiger partial charge in [-0.05, 0) is 42.2 Å². The van der Waals surface area contributed by atoms with Crippen LogP contribution in [0.1, 0.15) is 47.7 Å². The van der Waals surface area contributed by atoms with Crippen molar-refractivity contribution >= 4 is 11.8 Å². The van der Waals surface area contributed by atoms with E-state index in [0.717, 1.165) is 6.42 Å². The van der Waals surface area contributed by atoms with Crippen LogP contribution in [-0.4, -0.2) is 25.0 Å². The van der Waals surface area contributed by atoms with Gasteiger partial charge < -0.3 is 9.47 Å². The zero-order valence-corrected chi connectivity index (χ0v) is 14.9. The van der Waals surface area contributed by atoms with Gasteiger partial charge in [0.05, 0.1) is 11.6 Å². The van der Waals surface area contributed by atoms with Crippen molar-refractivity contribution in [2.24, 2.45) is 0 Å². The van der Waals surface area contributed by atoms with Gasteiger partial charge in [-0.3, -0.25) is 4.79 Å². The van der Waals surface area contributed by atoms with E-state index >= 15 is 0 Å². The fourth-order valence-corrected chi connectivity index (χ4v) is 2.27. The first kappa shape index (κ1) is 19.2. The zero-order valence-electron chi connectivity index (χ0n) is 14.9. The van der Waals surface area contributed by atoms with Crippen molar-refractivity contribution in [1.82, 2.24) is 0 Å². The molecule has 5 nitrogen and oxygen atoms in total. The van der Waals surface area contributed by atoms with Crippen LogP contribution in [0.2, 0.25) is 0 Å². The maximum absolute atomic E-state index is 12.1. The number of hydrogen-bond donors (Lipinski definition) is 0. The van der Waals surface area contributed by atoms with Crippen molar-refractivity contribution in [3.05, 3.63) is 65.2 Å². The van der Waals surface area contributed by atoms with Crippen molar-refractivity contribution in [3.63, 3.8) is 0 Å². The van der Waals surface area contributed by atoms with Gasteiger partial charge in [0.2, 0.25) is 0 Å². The predicted molar refractivity (Wildman–Crippen MR) is 97.1 cm³/mol. The van der Waals surface area contributed by atoms with E-state index in [1.807, 2.05) is 18.2 Å². The summed E-state index contributed by atoms with van der Waals surface area (Å²) >= 11 is 0. The predicted octanol–water partition coefficient (Wildman–Crippen LogP) is 3.88. The topological polar surface area (TPSA) is 76.4 Å². The van der Waals surface area contributed by atoms with Gasteiger partial charge >= 0.3 is 5.97 Å². The summed E-state index contributed by atoms with van der Waals surface area (Å²) in [6.45, 7) is 3.62. The Morgan fingerprint density at radius 2 is 1.69 bits per heavy atom. The normalized spacial score (nSPS) is 11.3. The van der Waals surface area contributed by atoms with Crippen molar-refractivity contribution < 1.29 is 19.1 Å². The van der Waals surface area contributed by atoms with Crippen LogP contribution in [0.5, 0.6) is 5.75 Å². The highest BCUT2D eigenvalue weighted by molar-refractivity contribution is 5.98. The quantitative estimate of drug-likeness (QED) is 0.533. The van der Waals surface area contributed by atoms with Gasteiger partial charge in [0, 0.05) is 5.56 Å². The molecule has 0 unspecified atom stereocenters. The largest absolute Gasteiger partial charge is 0.482 e. The standard InChI is InChI=1S/C21H21NO4/c1-3-15(2)17-6-8-18(9-7-17)20(23)13-26-21(24)14-25-19-10-4-16(12-22)5-11-19/h4-11,15H,3,13-14H2,1-2H3/t15-/m1/s1. The molecule has 0 bridgehead atoms. The minimum Gasteiger partial charge on any atom is -0.482 e. The van der Waals surface area contributed by atoms with Crippen LogP contribution < -0.4 is 4.74 Å². The second-order valence-corrected chi connectivity index (χ2v) is 5.94. The number of ketones is 1. The smallest absolute Gasteiger partial charge is 0.344 e. The number of benzene rings is 2. The Labute approximate surface area is 153 Å². The Kier molecular flexibility index (Phi) is 6.92. The molecule has 0 aromatic heterocycles. The molecule has 134 valence electrons. The van der Waals surface area contributed by atoms with E-state index in [1.165, 1.54) is 5.56 Å². The van der Waals surface area contributed by atoms with Crippen molar-refractivity contribution in [1.29, 1.82) is 5.26 Å². The first-order valence-corrected chi connectivity index (χ1v) is 8.45. The zero-order chi connectivity index (χ0) is 18.9. The molecule has 2 aromatic rings. The lowest BCUT2D eigenvalue weighted by molar-refractivity contribution is -0.144. The van der Waals surface area contributed by atoms with E-state index < -0.39 is 5.97 Å². The van der Waals surface area contributed by atoms with Crippen LogP contribution in [0, 0.1) is 11.3 Å². The number of carbonyl (C=O) groups is 2. The highest BCUT2D eigenvalue weighted by atomic mass is 16.6. The lowest BCUT2D eigenvalue weighted by Gasteiger charge is -2.10. The molecule has 0 spiro atoms. The van der Waals surface area contributed by atoms with E-state index in [2.05, 4.69) is 13.8 Å². The maximum Gasteiger partial charge on any atom is 0.344 e. The van der Waals surface area contributed by atoms with Gasteiger partial charge in [0.1, 0.15) is 5.75 Å².